The molecule has 6 aliphatic rings. The van der Waals surface area contributed by atoms with Crippen LogP contribution in [0.1, 0.15) is 201 Å². The van der Waals surface area contributed by atoms with Crippen LogP contribution < -0.4 is 31.1 Å². The summed E-state index contributed by atoms with van der Waals surface area (Å²) >= 11 is 0. The number of anilines is 8. The second-order valence-corrected chi connectivity index (χ2v) is 28.7. The fraction of sp³-hybridized carbons (Fsp3) is 0.471. The number of benzene rings is 6. The summed E-state index contributed by atoms with van der Waals surface area (Å²) < 4.78 is 0. The Bertz CT molecular complexity index is 3240. The second-order valence-electron chi connectivity index (χ2n) is 28.7. The van der Waals surface area contributed by atoms with Gasteiger partial charge >= 0.3 is 0 Å². The van der Waals surface area contributed by atoms with E-state index < -0.39 is 0 Å². The molecule has 0 bridgehead atoms. The third-order valence-electron chi connectivity index (χ3n) is 20.2. The van der Waals surface area contributed by atoms with Crippen LogP contribution in [-0.2, 0) is 37.9 Å². The lowest BCUT2D eigenvalue weighted by Crippen LogP contribution is -2.62. The largest absolute Gasteiger partial charge is 0.334 e. The van der Waals surface area contributed by atoms with Crippen molar-refractivity contribution in [2.24, 2.45) is 0 Å². The number of hydrogen-bond donors (Lipinski definition) is 0. The summed E-state index contributed by atoms with van der Waals surface area (Å²) in [6, 6.07) is 45.0. The van der Waals surface area contributed by atoms with Crippen molar-refractivity contribution in [1.82, 2.24) is 0 Å². The number of fused-ring (bicyclic) bond motifs is 9. The molecule has 372 valence electrons. The molecule has 12 rings (SSSR count). The van der Waals surface area contributed by atoms with Crippen LogP contribution in [0.4, 0.5) is 45.5 Å². The topological polar surface area (TPSA) is 9.72 Å². The fourth-order valence-corrected chi connectivity index (χ4v) is 15.1. The summed E-state index contributed by atoms with van der Waals surface area (Å²) in [4.78, 5) is 8.31. The predicted octanol–water partition coefficient (Wildman–Crippen LogP) is 16.8. The van der Waals surface area contributed by atoms with Crippen LogP contribution in [0.25, 0.3) is 0 Å². The minimum Gasteiger partial charge on any atom is -0.334 e. The predicted molar refractivity (Wildman–Crippen MR) is 311 cm³/mol. The standard InChI is InChI=1S/C68H82BN3/c1-61(2,3)43-22-21-23-45(36-43)70-56-37-44(62(4,5)6)26-29-53(56)69-54-41-51-52(66(13,14)35-34-65(51,11)12)42-57(54)71(46-27-28-48-50(38-46)64(9,10)33-32-63(48,7)8)59-40-47(39-58(70)60(59)69)72-55-25-18-17-24-49(55)67(15)30-19-20-31-68(67,72)16/h17-18,21-29,36-42H,19-20,30-35H2,1-16H3. The van der Waals surface area contributed by atoms with Crippen LogP contribution in [-0.4, -0.2) is 12.3 Å². The highest BCUT2D eigenvalue weighted by Gasteiger charge is 2.58. The lowest BCUT2D eigenvalue weighted by Gasteiger charge is -2.51. The van der Waals surface area contributed by atoms with Gasteiger partial charge in [0.1, 0.15) is 0 Å². The Morgan fingerprint density at radius 1 is 0.389 bits per heavy atom. The van der Waals surface area contributed by atoms with E-state index in [2.05, 4.69) is 235 Å². The summed E-state index contributed by atoms with van der Waals surface area (Å²) in [5.41, 5.74) is 25.1. The molecule has 2 unspecified atom stereocenters. The molecule has 1 saturated carbocycles. The van der Waals surface area contributed by atoms with E-state index in [9.17, 15) is 0 Å². The lowest BCUT2D eigenvalue weighted by molar-refractivity contribution is 0.195. The lowest BCUT2D eigenvalue weighted by atomic mass is 9.33. The first-order valence-corrected chi connectivity index (χ1v) is 27.9. The Morgan fingerprint density at radius 2 is 0.931 bits per heavy atom. The van der Waals surface area contributed by atoms with Crippen molar-refractivity contribution in [3.8, 4) is 0 Å². The summed E-state index contributed by atoms with van der Waals surface area (Å²) in [6.07, 6.45) is 9.59. The molecule has 3 aliphatic carbocycles. The van der Waals surface area contributed by atoms with Crippen molar-refractivity contribution < 1.29 is 0 Å². The molecule has 0 radical (unpaired) electrons. The highest BCUT2D eigenvalue weighted by atomic mass is 15.3. The van der Waals surface area contributed by atoms with Crippen LogP contribution in [0.5, 0.6) is 0 Å². The van der Waals surface area contributed by atoms with E-state index in [4.69, 9.17) is 0 Å². The van der Waals surface area contributed by atoms with Gasteiger partial charge in [-0.1, -0.05) is 171 Å². The van der Waals surface area contributed by atoms with Crippen molar-refractivity contribution >= 4 is 68.6 Å². The van der Waals surface area contributed by atoms with Crippen LogP contribution in [0.2, 0.25) is 0 Å². The third kappa shape index (κ3) is 6.74. The van der Waals surface area contributed by atoms with E-state index in [1.807, 2.05) is 0 Å². The second kappa shape index (κ2) is 15.2. The van der Waals surface area contributed by atoms with Crippen LogP contribution in [0.15, 0.2) is 109 Å². The van der Waals surface area contributed by atoms with Crippen LogP contribution in [0, 0.1) is 0 Å². The quantitative estimate of drug-likeness (QED) is 0.163. The first-order chi connectivity index (χ1) is 33.7. The van der Waals surface area contributed by atoms with Crippen molar-refractivity contribution in [1.29, 1.82) is 0 Å². The van der Waals surface area contributed by atoms with Gasteiger partial charge in [0.05, 0.1) is 5.54 Å². The van der Waals surface area contributed by atoms with Gasteiger partial charge in [-0.05, 0) is 188 Å². The monoisotopic (exact) mass is 952 g/mol. The molecular weight excluding hydrogens is 870 g/mol. The molecular formula is C68H82BN3. The van der Waals surface area contributed by atoms with Gasteiger partial charge in [-0.3, -0.25) is 0 Å². The van der Waals surface area contributed by atoms with E-state index in [0.29, 0.717) is 0 Å². The molecule has 2 atom stereocenters. The molecule has 6 aromatic carbocycles. The van der Waals surface area contributed by atoms with E-state index >= 15 is 0 Å². The summed E-state index contributed by atoms with van der Waals surface area (Å²) in [6.45, 7) is 39.4. The molecule has 0 amide bonds. The van der Waals surface area contributed by atoms with Crippen LogP contribution >= 0.6 is 0 Å². The molecule has 1 fully saturated rings. The van der Waals surface area contributed by atoms with Gasteiger partial charge in [-0.25, -0.2) is 0 Å². The highest BCUT2D eigenvalue weighted by Crippen LogP contribution is 2.62. The molecule has 3 aliphatic heterocycles. The molecule has 0 aromatic heterocycles. The summed E-state index contributed by atoms with van der Waals surface area (Å²) in [5, 5.41) is 0. The molecule has 6 aromatic rings. The van der Waals surface area contributed by atoms with Gasteiger partial charge < -0.3 is 14.7 Å². The molecule has 4 heteroatoms. The van der Waals surface area contributed by atoms with Gasteiger partial charge in [-0.2, -0.15) is 0 Å². The number of nitrogens with zero attached hydrogens (tertiary/aromatic N) is 3. The maximum Gasteiger partial charge on any atom is 0.252 e. The first-order valence-electron chi connectivity index (χ1n) is 27.9. The van der Waals surface area contributed by atoms with Gasteiger partial charge in [0.15, 0.2) is 0 Å². The van der Waals surface area contributed by atoms with E-state index in [-0.39, 0.29) is 50.2 Å². The smallest absolute Gasteiger partial charge is 0.252 e. The summed E-state index contributed by atoms with van der Waals surface area (Å²) in [5.74, 6) is 0. The van der Waals surface area contributed by atoms with Gasteiger partial charge in [0, 0.05) is 50.9 Å². The van der Waals surface area contributed by atoms with E-state index in [0.717, 1.165) is 6.42 Å². The maximum absolute atomic E-state index is 2.84. The average molecular weight is 952 g/mol. The normalized spacial score (nSPS) is 23.8. The zero-order valence-electron chi connectivity index (χ0n) is 47.0. The van der Waals surface area contributed by atoms with Gasteiger partial charge in [0.25, 0.3) is 6.71 Å². The Hall–Kier alpha value is -5.22. The zero-order chi connectivity index (χ0) is 51.1. The molecule has 3 nitrogen and oxygen atoms in total. The first kappa shape index (κ1) is 47.8. The van der Waals surface area contributed by atoms with Gasteiger partial charge in [-0.15, -0.1) is 0 Å². The molecule has 0 N–H and O–H groups in total. The van der Waals surface area contributed by atoms with E-state index in [1.54, 1.807) is 0 Å². The van der Waals surface area contributed by atoms with Crippen molar-refractivity contribution in [3.05, 3.63) is 148 Å². The van der Waals surface area contributed by atoms with Crippen molar-refractivity contribution in [2.45, 2.75) is 206 Å². The molecule has 0 saturated heterocycles. The summed E-state index contributed by atoms with van der Waals surface area (Å²) in [7, 11) is 0. The minimum absolute atomic E-state index is 0.0187. The highest BCUT2D eigenvalue weighted by molar-refractivity contribution is 7.00. The Morgan fingerprint density at radius 3 is 1.57 bits per heavy atom. The Labute approximate surface area is 434 Å². The number of para-hydroxylation sites is 1. The maximum atomic E-state index is 2.84. The van der Waals surface area contributed by atoms with Crippen molar-refractivity contribution in [3.63, 3.8) is 0 Å². The Balaban J connectivity index is 1.25. The third-order valence-corrected chi connectivity index (χ3v) is 20.2. The fourth-order valence-electron chi connectivity index (χ4n) is 15.1. The van der Waals surface area contributed by atoms with Gasteiger partial charge in [0.2, 0.25) is 0 Å². The SMILES string of the molecule is CC(C)(C)c1cccc(N2c3cc(C(C)(C)C)ccc3B3c4cc5c(cc4N(c4ccc6c(c4)C(C)(C)CCC6(C)C)c4cc(N6c7ccccc7C7(C)CCCCC67C)cc2c43)C(C)(C)CCC5(C)C)c1. The number of hydrogen-bond acceptors (Lipinski definition) is 3. The van der Waals surface area contributed by atoms with E-state index in [1.165, 1.54) is 146 Å². The average Bonchev–Trinajstić information content (AvgIpc) is 3.53. The molecule has 72 heavy (non-hydrogen) atoms. The zero-order valence-corrected chi connectivity index (χ0v) is 47.0. The molecule has 3 heterocycles. The van der Waals surface area contributed by atoms with Crippen LogP contribution in [0.3, 0.4) is 0 Å². The molecule has 0 spiro atoms. The Kier molecular flexibility index (Phi) is 10.1. The minimum atomic E-state index is -0.105. The number of rotatable bonds is 3. The van der Waals surface area contributed by atoms with Crippen molar-refractivity contribution in [2.75, 3.05) is 14.7 Å².